The number of nitrogens with zero attached hydrogens (tertiary/aromatic N) is 1. The molecule has 148 valence electrons. The average molecular weight is 390 g/mol. The summed E-state index contributed by atoms with van der Waals surface area (Å²) in [7, 11) is 0. The number of hydrogen-bond acceptors (Lipinski definition) is 4. The Labute approximate surface area is 168 Å². The minimum atomic E-state index is -0.959. The molecular weight excluding hydrogens is 368 g/mol. The number of piperidine rings is 3. The van der Waals surface area contributed by atoms with Crippen molar-refractivity contribution in [2.45, 2.75) is 18.9 Å². The summed E-state index contributed by atoms with van der Waals surface area (Å²) < 4.78 is 5.97. The summed E-state index contributed by atoms with van der Waals surface area (Å²) in [6, 6.07) is 14.4. The molecule has 2 aromatic carbocycles. The SMILES string of the molecule is O=C(O)c1ccc(-c2cccc3cc(C(=O)N[C@H]4CN5CCC4CC5)oc23)cc1. The second-order valence-electron chi connectivity index (χ2n) is 7.94. The monoisotopic (exact) mass is 390 g/mol. The number of carbonyl (C=O) groups excluding carboxylic acids is 1. The molecule has 0 unspecified atom stereocenters. The molecule has 0 saturated carbocycles. The molecule has 0 aliphatic carbocycles. The Kier molecular flexibility index (Phi) is 4.36. The maximum atomic E-state index is 12.8. The molecule has 3 aromatic rings. The smallest absolute Gasteiger partial charge is 0.335 e. The molecule has 4 heterocycles. The average Bonchev–Trinajstić information content (AvgIpc) is 3.19. The summed E-state index contributed by atoms with van der Waals surface area (Å²) in [4.78, 5) is 26.3. The number of carboxylic acids is 1. The van der Waals surface area contributed by atoms with Gasteiger partial charge in [-0.3, -0.25) is 4.79 Å². The third-order valence-electron chi connectivity index (χ3n) is 6.18. The number of rotatable bonds is 4. The molecule has 1 aromatic heterocycles. The highest BCUT2D eigenvalue weighted by Crippen LogP contribution is 2.32. The van der Waals surface area contributed by atoms with Crippen LogP contribution in [0.25, 0.3) is 22.1 Å². The quantitative estimate of drug-likeness (QED) is 0.711. The number of aromatic carboxylic acids is 1. The number of amides is 1. The van der Waals surface area contributed by atoms with Crippen LogP contribution in [0.2, 0.25) is 0 Å². The number of carbonyl (C=O) groups is 2. The zero-order valence-electron chi connectivity index (χ0n) is 15.9. The molecule has 3 aliphatic heterocycles. The molecule has 0 radical (unpaired) electrons. The number of benzene rings is 2. The van der Waals surface area contributed by atoms with E-state index in [1.54, 1.807) is 30.3 Å². The van der Waals surface area contributed by atoms with Gasteiger partial charge in [0.15, 0.2) is 5.76 Å². The molecule has 2 bridgehead atoms. The van der Waals surface area contributed by atoms with Gasteiger partial charge >= 0.3 is 5.97 Å². The molecule has 6 rings (SSSR count). The fourth-order valence-corrected chi connectivity index (χ4v) is 4.56. The molecule has 6 nitrogen and oxygen atoms in total. The van der Waals surface area contributed by atoms with Crippen LogP contribution in [0.3, 0.4) is 0 Å². The van der Waals surface area contributed by atoms with Crippen molar-refractivity contribution in [2.75, 3.05) is 19.6 Å². The summed E-state index contributed by atoms with van der Waals surface area (Å²) in [5.74, 6) is -0.269. The molecule has 3 aliphatic rings. The molecule has 1 amide bonds. The van der Waals surface area contributed by atoms with E-state index in [0.717, 1.165) is 49.0 Å². The van der Waals surface area contributed by atoms with Crippen LogP contribution in [0.15, 0.2) is 52.9 Å². The maximum Gasteiger partial charge on any atom is 0.335 e. The van der Waals surface area contributed by atoms with Gasteiger partial charge in [-0.25, -0.2) is 4.79 Å². The standard InChI is InChI=1S/C23H22N2O4/c26-22(24-19-13-25-10-8-15(19)9-11-25)20-12-17-2-1-3-18(21(17)29-20)14-4-6-16(7-5-14)23(27)28/h1-7,12,15,19H,8-11,13H2,(H,24,26)(H,27,28)/t19-/m0/s1. The highest BCUT2D eigenvalue weighted by molar-refractivity contribution is 6.00. The van der Waals surface area contributed by atoms with Crippen molar-refractivity contribution in [3.05, 3.63) is 59.9 Å². The minimum absolute atomic E-state index is 0.174. The maximum absolute atomic E-state index is 12.8. The Morgan fingerprint density at radius 2 is 1.83 bits per heavy atom. The van der Waals surface area contributed by atoms with E-state index in [-0.39, 0.29) is 17.5 Å². The van der Waals surface area contributed by atoms with Gasteiger partial charge in [0.2, 0.25) is 0 Å². The van der Waals surface area contributed by atoms with Gasteiger partial charge in [0, 0.05) is 23.5 Å². The van der Waals surface area contributed by atoms with Gasteiger partial charge in [-0.05, 0) is 55.6 Å². The number of nitrogens with one attached hydrogen (secondary N) is 1. The first kappa shape index (κ1) is 17.9. The van der Waals surface area contributed by atoms with Crippen LogP contribution >= 0.6 is 0 Å². The Hall–Kier alpha value is -3.12. The van der Waals surface area contributed by atoms with E-state index in [1.807, 2.05) is 18.2 Å². The zero-order chi connectivity index (χ0) is 20.0. The first-order chi connectivity index (χ1) is 14.1. The van der Waals surface area contributed by atoms with Gasteiger partial charge in [-0.1, -0.05) is 30.3 Å². The van der Waals surface area contributed by atoms with E-state index >= 15 is 0 Å². The van der Waals surface area contributed by atoms with Crippen molar-refractivity contribution in [3.63, 3.8) is 0 Å². The van der Waals surface area contributed by atoms with Crippen LogP contribution in [0.5, 0.6) is 0 Å². The van der Waals surface area contributed by atoms with Crippen molar-refractivity contribution in [1.82, 2.24) is 10.2 Å². The van der Waals surface area contributed by atoms with E-state index < -0.39 is 5.97 Å². The van der Waals surface area contributed by atoms with Gasteiger partial charge in [0.25, 0.3) is 5.91 Å². The first-order valence-electron chi connectivity index (χ1n) is 9.98. The summed E-state index contributed by atoms with van der Waals surface area (Å²) in [6.45, 7) is 3.18. The van der Waals surface area contributed by atoms with E-state index in [0.29, 0.717) is 17.3 Å². The Balaban J connectivity index is 1.42. The van der Waals surface area contributed by atoms with Crippen molar-refractivity contribution in [2.24, 2.45) is 5.92 Å². The second-order valence-corrected chi connectivity index (χ2v) is 7.94. The van der Waals surface area contributed by atoms with Gasteiger partial charge in [0.1, 0.15) is 5.58 Å². The normalized spacial score (nSPS) is 23.2. The summed E-state index contributed by atoms with van der Waals surface area (Å²) in [5, 5.41) is 13.1. The number of hydrogen-bond donors (Lipinski definition) is 2. The predicted molar refractivity (Wildman–Crippen MR) is 109 cm³/mol. The van der Waals surface area contributed by atoms with Crippen LogP contribution in [0, 0.1) is 5.92 Å². The van der Waals surface area contributed by atoms with Crippen molar-refractivity contribution in [3.8, 4) is 11.1 Å². The second kappa shape index (κ2) is 7.04. The van der Waals surface area contributed by atoms with E-state index in [9.17, 15) is 9.59 Å². The topological polar surface area (TPSA) is 82.8 Å². The predicted octanol–water partition coefficient (Wildman–Crippen LogP) is 3.62. The lowest BCUT2D eigenvalue weighted by atomic mass is 9.84. The molecule has 2 N–H and O–H groups in total. The molecule has 3 saturated heterocycles. The Morgan fingerprint density at radius 1 is 1.07 bits per heavy atom. The van der Waals surface area contributed by atoms with Crippen LogP contribution in [-0.4, -0.2) is 47.6 Å². The number of fused-ring (bicyclic) bond motifs is 4. The summed E-state index contributed by atoms with van der Waals surface area (Å²) >= 11 is 0. The van der Waals surface area contributed by atoms with Crippen molar-refractivity contribution >= 4 is 22.8 Å². The molecule has 0 spiro atoms. The van der Waals surface area contributed by atoms with Gasteiger partial charge in [-0.2, -0.15) is 0 Å². The third kappa shape index (κ3) is 3.29. The van der Waals surface area contributed by atoms with Gasteiger partial charge in [0.05, 0.1) is 5.56 Å². The van der Waals surface area contributed by atoms with E-state index in [2.05, 4.69) is 10.2 Å². The number of furan rings is 1. The van der Waals surface area contributed by atoms with Crippen LogP contribution < -0.4 is 5.32 Å². The first-order valence-corrected chi connectivity index (χ1v) is 9.98. The van der Waals surface area contributed by atoms with E-state index in [1.165, 1.54) is 0 Å². The van der Waals surface area contributed by atoms with Crippen LogP contribution in [0.4, 0.5) is 0 Å². The lowest BCUT2D eigenvalue weighted by Crippen LogP contribution is -2.57. The highest BCUT2D eigenvalue weighted by Gasteiger charge is 2.35. The molecule has 3 fully saturated rings. The highest BCUT2D eigenvalue weighted by atomic mass is 16.4. The fourth-order valence-electron chi connectivity index (χ4n) is 4.56. The number of para-hydroxylation sites is 1. The lowest BCUT2D eigenvalue weighted by Gasteiger charge is -2.44. The summed E-state index contributed by atoms with van der Waals surface area (Å²) in [5.41, 5.74) is 2.55. The van der Waals surface area contributed by atoms with Crippen LogP contribution in [-0.2, 0) is 0 Å². The van der Waals surface area contributed by atoms with Gasteiger partial charge in [-0.15, -0.1) is 0 Å². The van der Waals surface area contributed by atoms with Crippen molar-refractivity contribution in [1.29, 1.82) is 0 Å². The van der Waals surface area contributed by atoms with E-state index in [4.69, 9.17) is 9.52 Å². The molecule has 1 atom stereocenters. The lowest BCUT2D eigenvalue weighted by molar-refractivity contribution is 0.0606. The zero-order valence-corrected chi connectivity index (χ0v) is 15.9. The van der Waals surface area contributed by atoms with Crippen LogP contribution in [0.1, 0.15) is 33.8 Å². The van der Waals surface area contributed by atoms with Crippen molar-refractivity contribution < 1.29 is 19.1 Å². The third-order valence-corrected chi connectivity index (χ3v) is 6.18. The summed E-state index contributed by atoms with van der Waals surface area (Å²) in [6.07, 6.45) is 2.28. The Morgan fingerprint density at radius 3 is 2.48 bits per heavy atom. The van der Waals surface area contributed by atoms with Gasteiger partial charge < -0.3 is 19.7 Å². The number of carboxylic acid groups (broad SMARTS) is 1. The molecular formula is C23H22N2O4. The minimum Gasteiger partial charge on any atom is -0.478 e. The largest absolute Gasteiger partial charge is 0.478 e. The fraction of sp³-hybridized carbons (Fsp3) is 0.304. The Bertz CT molecular complexity index is 1080. The molecule has 29 heavy (non-hydrogen) atoms. The molecule has 6 heteroatoms.